The minimum atomic E-state index is -4.38. The number of fused-ring (bicyclic) bond motifs is 1. The number of halogens is 4. The third kappa shape index (κ3) is 3.55. The molecule has 0 fully saturated rings. The lowest BCUT2D eigenvalue weighted by Gasteiger charge is -2.11. The maximum atomic E-state index is 12.7. The van der Waals surface area contributed by atoms with E-state index >= 15 is 0 Å². The number of nitrogens with zero attached hydrogens (tertiary/aromatic N) is 1. The minimum Gasteiger partial charge on any atom is -0.457 e. The van der Waals surface area contributed by atoms with E-state index in [0.717, 1.165) is 39.7 Å². The van der Waals surface area contributed by atoms with E-state index < -0.39 is 11.7 Å². The van der Waals surface area contributed by atoms with Gasteiger partial charge in [-0.05, 0) is 60.5 Å². The number of aromatic amines is 1. The summed E-state index contributed by atoms with van der Waals surface area (Å²) in [5, 5.41) is 1.19. The molecule has 1 N–H and O–H groups in total. The number of aryl methyl sites for hydroxylation is 1. The van der Waals surface area contributed by atoms with Gasteiger partial charge in [-0.15, -0.1) is 0 Å². The molecule has 0 radical (unpaired) electrons. The first-order valence-electron chi connectivity index (χ1n) is 8.40. The van der Waals surface area contributed by atoms with Gasteiger partial charge in [0.1, 0.15) is 16.7 Å². The molecular weight excluding hydrogens is 389 g/mol. The molecule has 0 saturated heterocycles. The maximum absolute atomic E-state index is 12.7. The molecule has 2 aromatic carbocycles. The van der Waals surface area contributed by atoms with Crippen molar-refractivity contribution in [1.29, 1.82) is 0 Å². The Hall–Kier alpha value is -2.99. The first-order chi connectivity index (χ1) is 13.3. The van der Waals surface area contributed by atoms with Gasteiger partial charge in [0.25, 0.3) is 0 Å². The number of rotatable bonds is 3. The van der Waals surface area contributed by atoms with Crippen molar-refractivity contribution in [3.63, 3.8) is 0 Å². The Bertz CT molecular complexity index is 1150. The molecule has 28 heavy (non-hydrogen) atoms. The summed E-state index contributed by atoms with van der Waals surface area (Å²) >= 11 is 6.26. The molecule has 4 aromatic rings. The Labute approximate surface area is 163 Å². The second-order valence-electron chi connectivity index (χ2n) is 6.39. The first kappa shape index (κ1) is 18.4. The van der Waals surface area contributed by atoms with Gasteiger partial charge in [0.15, 0.2) is 0 Å². The number of hydrogen-bond donors (Lipinski definition) is 1. The molecule has 0 bridgehead atoms. The molecule has 3 nitrogen and oxygen atoms in total. The molecule has 0 unspecified atom stereocenters. The van der Waals surface area contributed by atoms with Gasteiger partial charge in [-0.1, -0.05) is 17.7 Å². The largest absolute Gasteiger partial charge is 0.457 e. The normalized spacial score (nSPS) is 11.8. The van der Waals surface area contributed by atoms with E-state index in [1.807, 2.05) is 37.4 Å². The van der Waals surface area contributed by atoms with Crippen LogP contribution in [0.25, 0.3) is 22.0 Å². The molecule has 0 aliphatic heterocycles. The molecule has 0 amide bonds. The monoisotopic (exact) mass is 402 g/mol. The number of pyridine rings is 1. The molecule has 142 valence electrons. The molecule has 2 aromatic heterocycles. The molecule has 0 aliphatic rings. The van der Waals surface area contributed by atoms with Crippen LogP contribution in [-0.4, -0.2) is 9.97 Å². The van der Waals surface area contributed by atoms with Crippen LogP contribution in [0.1, 0.15) is 11.1 Å². The van der Waals surface area contributed by atoms with Crippen molar-refractivity contribution in [3.8, 4) is 22.6 Å². The Balaban J connectivity index is 1.70. The highest BCUT2D eigenvalue weighted by Crippen LogP contribution is 2.36. The second-order valence-corrected chi connectivity index (χ2v) is 6.74. The molecular formula is C21H14ClF3N2O. The molecule has 0 aliphatic carbocycles. The number of H-pyrrole nitrogens is 1. The molecule has 0 spiro atoms. The Morgan fingerprint density at radius 2 is 1.75 bits per heavy atom. The standard InChI is InChI=1S/C21H14ClF3N2O/c1-12-8-13(17-11-27-18-6-7-26-20(22)19(17)18)10-16(9-12)28-15-4-2-14(3-5-15)21(23,24)25/h2-11,27H,1H3. The van der Waals surface area contributed by atoms with E-state index in [2.05, 4.69) is 9.97 Å². The van der Waals surface area contributed by atoms with Crippen LogP contribution in [0, 0.1) is 6.92 Å². The summed E-state index contributed by atoms with van der Waals surface area (Å²) in [6, 6.07) is 12.0. The van der Waals surface area contributed by atoms with Crippen LogP contribution in [-0.2, 0) is 6.18 Å². The fraction of sp³-hybridized carbons (Fsp3) is 0.0952. The van der Waals surface area contributed by atoms with Gasteiger partial charge in [0, 0.05) is 23.3 Å². The Morgan fingerprint density at radius 1 is 1.00 bits per heavy atom. The predicted molar refractivity (Wildman–Crippen MR) is 103 cm³/mol. The van der Waals surface area contributed by atoms with Crippen molar-refractivity contribution < 1.29 is 17.9 Å². The van der Waals surface area contributed by atoms with Gasteiger partial charge in [-0.2, -0.15) is 13.2 Å². The average Bonchev–Trinajstić information content (AvgIpc) is 3.06. The van der Waals surface area contributed by atoms with E-state index in [1.54, 1.807) is 6.20 Å². The minimum absolute atomic E-state index is 0.322. The summed E-state index contributed by atoms with van der Waals surface area (Å²) in [7, 11) is 0. The van der Waals surface area contributed by atoms with Gasteiger partial charge in [-0.25, -0.2) is 4.98 Å². The Kier molecular flexibility index (Phi) is 4.51. The van der Waals surface area contributed by atoms with Crippen LogP contribution in [0.2, 0.25) is 5.15 Å². The zero-order valence-corrected chi connectivity index (χ0v) is 15.4. The fourth-order valence-electron chi connectivity index (χ4n) is 3.07. The lowest BCUT2D eigenvalue weighted by atomic mass is 10.0. The van der Waals surface area contributed by atoms with E-state index in [4.69, 9.17) is 16.3 Å². The molecule has 2 heterocycles. The van der Waals surface area contributed by atoms with Gasteiger partial charge in [0.2, 0.25) is 0 Å². The van der Waals surface area contributed by atoms with Crippen LogP contribution in [0.4, 0.5) is 13.2 Å². The third-order valence-electron chi connectivity index (χ3n) is 4.33. The van der Waals surface area contributed by atoms with Crippen LogP contribution >= 0.6 is 11.6 Å². The topological polar surface area (TPSA) is 37.9 Å². The molecule has 0 atom stereocenters. The number of benzene rings is 2. The number of ether oxygens (including phenoxy) is 1. The predicted octanol–water partition coefficient (Wildman–Crippen LogP) is 7.00. The lowest BCUT2D eigenvalue weighted by Crippen LogP contribution is -2.03. The fourth-order valence-corrected chi connectivity index (χ4v) is 3.33. The third-order valence-corrected chi connectivity index (χ3v) is 4.61. The van der Waals surface area contributed by atoms with Gasteiger partial charge < -0.3 is 9.72 Å². The quantitative estimate of drug-likeness (QED) is 0.374. The van der Waals surface area contributed by atoms with Gasteiger partial charge in [0.05, 0.1) is 11.1 Å². The van der Waals surface area contributed by atoms with Crippen LogP contribution in [0.15, 0.2) is 60.9 Å². The average molecular weight is 403 g/mol. The first-order valence-corrected chi connectivity index (χ1v) is 8.78. The molecule has 4 rings (SSSR count). The highest BCUT2D eigenvalue weighted by atomic mass is 35.5. The van der Waals surface area contributed by atoms with Gasteiger partial charge >= 0.3 is 6.18 Å². The summed E-state index contributed by atoms with van der Waals surface area (Å²) in [4.78, 5) is 7.29. The van der Waals surface area contributed by atoms with E-state index in [9.17, 15) is 13.2 Å². The van der Waals surface area contributed by atoms with Crippen LogP contribution in [0.5, 0.6) is 11.5 Å². The molecule has 7 heteroatoms. The van der Waals surface area contributed by atoms with E-state index in [1.165, 1.54) is 12.1 Å². The number of aromatic nitrogens is 2. The summed E-state index contributed by atoms with van der Waals surface area (Å²) in [5.74, 6) is 0.840. The van der Waals surface area contributed by atoms with E-state index in [-0.39, 0.29) is 0 Å². The van der Waals surface area contributed by atoms with Crippen molar-refractivity contribution in [2.24, 2.45) is 0 Å². The zero-order chi connectivity index (χ0) is 19.9. The lowest BCUT2D eigenvalue weighted by molar-refractivity contribution is -0.137. The highest BCUT2D eigenvalue weighted by Gasteiger charge is 2.30. The van der Waals surface area contributed by atoms with E-state index in [0.29, 0.717) is 16.7 Å². The van der Waals surface area contributed by atoms with Crippen LogP contribution in [0.3, 0.4) is 0 Å². The van der Waals surface area contributed by atoms with Crippen LogP contribution < -0.4 is 4.74 Å². The number of hydrogen-bond acceptors (Lipinski definition) is 2. The summed E-state index contributed by atoms with van der Waals surface area (Å²) < 4.78 is 43.9. The number of alkyl halides is 3. The zero-order valence-electron chi connectivity index (χ0n) is 14.6. The number of nitrogens with one attached hydrogen (secondary N) is 1. The summed E-state index contributed by atoms with van der Waals surface area (Å²) in [6.45, 7) is 1.91. The highest BCUT2D eigenvalue weighted by molar-refractivity contribution is 6.35. The SMILES string of the molecule is Cc1cc(Oc2ccc(C(F)(F)F)cc2)cc(-c2c[nH]c3ccnc(Cl)c23)c1. The summed E-state index contributed by atoms with van der Waals surface area (Å²) in [6.07, 6.45) is -0.910. The second kappa shape index (κ2) is 6.87. The van der Waals surface area contributed by atoms with Gasteiger partial charge in [-0.3, -0.25) is 0 Å². The Morgan fingerprint density at radius 3 is 2.46 bits per heavy atom. The summed E-state index contributed by atoms with van der Waals surface area (Å²) in [5.41, 5.74) is 2.82. The smallest absolute Gasteiger partial charge is 0.416 e. The molecule has 0 saturated carbocycles. The van der Waals surface area contributed by atoms with Crippen molar-refractivity contribution >= 4 is 22.5 Å². The maximum Gasteiger partial charge on any atom is 0.416 e. The van der Waals surface area contributed by atoms with Crippen molar-refractivity contribution in [3.05, 3.63) is 77.2 Å². The van der Waals surface area contributed by atoms with Crippen molar-refractivity contribution in [2.75, 3.05) is 0 Å². The van der Waals surface area contributed by atoms with Crippen molar-refractivity contribution in [1.82, 2.24) is 9.97 Å². The van der Waals surface area contributed by atoms with Crippen molar-refractivity contribution in [2.45, 2.75) is 13.1 Å².